The van der Waals surface area contributed by atoms with Crippen molar-refractivity contribution in [2.75, 3.05) is 6.54 Å². The fraction of sp³-hybridized carbons (Fsp3) is 0.524. The molecule has 0 unspecified atom stereocenters. The highest BCUT2D eigenvalue weighted by molar-refractivity contribution is 6.30. The van der Waals surface area contributed by atoms with Gasteiger partial charge in [0.05, 0.1) is 5.41 Å². The predicted molar refractivity (Wildman–Crippen MR) is 107 cm³/mol. The Labute approximate surface area is 174 Å². The van der Waals surface area contributed by atoms with Crippen LogP contribution in [-0.2, 0) is 21.4 Å². The van der Waals surface area contributed by atoms with Crippen LogP contribution in [0.25, 0.3) is 0 Å². The van der Waals surface area contributed by atoms with Crippen LogP contribution >= 0.6 is 11.6 Å². The van der Waals surface area contributed by atoms with Crippen LogP contribution < -0.4 is 10.6 Å². The third-order valence-electron chi connectivity index (χ3n) is 5.92. The van der Waals surface area contributed by atoms with Crippen molar-refractivity contribution in [3.63, 3.8) is 0 Å². The number of halogens is 1. The summed E-state index contributed by atoms with van der Waals surface area (Å²) in [7, 11) is 0. The normalized spacial score (nSPS) is 21.0. The van der Waals surface area contributed by atoms with Gasteiger partial charge in [0, 0.05) is 24.4 Å². The first-order valence-electron chi connectivity index (χ1n) is 10.2. The summed E-state index contributed by atoms with van der Waals surface area (Å²) in [5.41, 5.74) is 0.872. The highest BCUT2D eigenvalue weighted by Crippen LogP contribution is 2.48. The van der Waals surface area contributed by atoms with Crippen molar-refractivity contribution in [3.05, 3.63) is 46.6 Å². The monoisotopic (exact) mass is 416 g/mol. The molecular weight excluding hydrogens is 392 g/mol. The predicted octanol–water partition coefficient (Wildman–Crippen LogP) is 2.91. The molecule has 1 aromatic carbocycles. The first-order chi connectivity index (χ1) is 14.1. The Morgan fingerprint density at radius 2 is 2.00 bits per heavy atom. The molecule has 1 saturated carbocycles. The fourth-order valence-corrected chi connectivity index (χ4v) is 4.16. The number of nitrogens with one attached hydrogen (secondary N) is 2. The molecule has 154 valence electrons. The molecule has 2 heterocycles. The zero-order valence-electron chi connectivity index (χ0n) is 16.2. The van der Waals surface area contributed by atoms with E-state index in [1.807, 2.05) is 24.3 Å². The van der Waals surface area contributed by atoms with Crippen LogP contribution in [0.5, 0.6) is 0 Å². The maximum Gasteiger partial charge on any atom is 0.242 e. The molecule has 4 rings (SSSR count). The van der Waals surface area contributed by atoms with Gasteiger partial charge in [0.1, 0.15) is 6.04 Å². The largest absolute Gasteiger partial charge is 0.424 e. The summed E-state index contributed by atoms with van der Waals surface area (Å²) in [6, 6.07) is 7.32. The number of aromatic nitrogens is 2. The van der Waals surface area contributed by atoms with Gasteiger partial charge in [-0.15, -0.1) is 10.2 Å². The molecule has 1 aliphatic heterocycles. The number of hydrogen-bond acceptors (Lipinski definition) is 5. The van der Waals surface area contributed by atoms with Crippen LogP contribution in [0.2, 0.25) is 5.02 Å². The van der Waals surface area contributed by atoms with Gasteiger partial charge in [-0.1, -0.05) is 30.2 Å². The average Bonchev–Trinajstić information content (AvgIpc) is 3.05. The first-order valence-corrected chi connectivity index (χ1v) is 10.6. The SMILES string of the molecule is O=C(CCc1nnc(C2(c3ccc(Cl)cc3)CCC2)o1)N[C@H]1CCCCNC1=O. The molecule has 1 aromatic heterocycles. The molecule has 2 aliphatic rings. The second kappa shape index (κ2) is 8.53. The van der Waals surface area contributed by atoms with E-state index in [4.69, 9.17) is 16.0 Å². The zero-order chi connectivity index (χ0) is 20.3. The minimum absolute atomic E-state index is 0.106. The van der Waals surface area contributed by atoms with Gasteiger partial charge >= 0.3 is 0 Å². The number of hydrogen-bond donors (Lipinski definition) is 2. The second-order valence-corrected chi connectivity index (χ2v) is 8.29. The minimum atomic E-state index is -0.452. The Morgan fingerprint density at radius 1 is 1.21 bits per heavy atom. The van der Waals surface area contributed by atoms with Gasteiger partial charge in [0.2, 0.25) is 23.6 Å². The van der Waals surface area contributed by atoms with Gasteiger partial charge in [-0.3, -0.25) is 9.59 Å². The molecule has 2 amide bonds. The maximum atomic E-state index is 12.3. The Balaban J connectivity index is 1.37. The average molecular weight is 417 g/mol. The number of rotatable bonds is 6. The molecular formula is C21H25ClN4O3. The molecule has 2 N–H and O–H groups in total. The van der Waals surface area contributed by atoms with E-state index >= 15 is 0 Å². The summed E-state index contributed by atoms with van der Waals surface area (Å²) in [5.74, 6) is 0.763. The van der Waals surface area contributed by atoms with Crippen molar-refractivity contribution in [3.8, 4) is 0 Å². The molecule has 1 saturated heterocycles. The molecule has 2 fully saturated rings. The standard InChI is InChI=1S/C21H25ClN4O3/c22-15-7-5-14(6-8-15)21(11-3-12-21)20-26-25-18(29-20)10-9-17(27)24-16-4-1-2-13-23-19(16)28/h5-8,16H,1-4,9-13H2,(H,23,28)(H,24,27)/t16-/m0/s1. The first kappa shape index (κ1) is 19.9. The topological polar surface area (TPSA) is 97.1 Å². The smallest absolute Gasteiger partial charge is 0.242 e. The van der Waals surface area contributed by atoms with Gasteiger partial charge in [0.15, 0.2) is 0 Å². The maximum absolute atomic E-state index is 12.3. The van der Waals surface area contributed by atoms with E-state index in [9.17, 15) is 9.59 Å². The Morgan fingerprint density at radius 3 is 2.72 bits per heavy atom. The highest BCUT2D eigenvalue weighted by Gasteiger charge is 2.45. The lowest BCUT2D eigenvalue weighted by molar-refractivity contribution is -0.128. The highest BCUT2D eigenvalue weighted by atomic mass is 35.5. The number of carbonyl (C=O) groups is 2. The molecule has 0 bridgehead atoms. The van der Waals surface area contributed by atoms with Crippen molar-refractivity contribution in [1.82, 2.24) is 20.8 Å². The fourth-order valence-electron chi connectivity index (χ4n) is 4.04. The summed E-state index contributed by atoms with van der Waals surface area (Å²) in [6.07, 6.45) is 6.10. The summed E-state index contributed by atoms with van der Waals surface area (Å²) in [5, 5.41) is 14.8. The van der Waals surface area contributed by atoms with E-state index < -0.39 is 6.04 Å². The van der Waals surface area contributed by atoms with Crippen LogP contribution in [0, 0.1) is 0 Å². The minimum Gasteiger partial charge on any atom is -0.424 e. The lowest BCUT2D eigenvalue weighted by Crippen LogP contribution is -2.45. The summed E-state index contributed by atoms with van der Waals surface area (Å²) in [6.45, 7) is 0.672. The van der Waals surface area contributed by atoms with E-state index in [2.05, 4.69) is 20.8 Å². The van der Waals surface area contributed by atoms with Crippen molar-refractivity contribution >= 4 is 23.4 Å². The number of carbonyl (C=O) groups excluding carboxylic acids is 2. The van der Waals surface area contributed by atoms with Crippen molar-refractivity contribution < 1.29 is 14.0 Å². The summed E-state index contributed by atoms with van der Waals surface area (Å²) in [4.78, 5) is 24.2. The van der Waals surface area contributed by atoms with Crippen LogP contribution in [0.1, 0.15) is 62.3 Å². The summed E-state index contributed by atoms with van der Waals surface area (Å²) >= 11 is 6.02. The number of nitrogens with zero attached hydrogens (tertiary/aromatic N) is 2. The van der Waals surface area contributed by atoms with E-state index in [1.54, 1.807) is 0 Å². The third-order valence-corrected chi connectivity index (χ3v) is 6.17. The molecule has 2 aromatic rings. The lowest BCUT2D eigenvalue weighted by Gasteiger charge is -2.39. The van der Waals surface area contributed by atoms with Crippen molar-refractivity contribution in [1.29, 1.82) is 0 Å². The third kappa shape index (κ3) is 4.29. The lowest BCUT2D eigenvalue weighted by atomic mass is 9.64. The van der Waals surface area contributed by atoms with E-state index in [0.29, 0.717) is 36.2 Å². The van der Waals surface area contributed by atoms with Gasteiger partial charge < -0.3 is 15.1 Å². The summed E-state index contributed by atoms with van der Waals surface area (Å²) < 4.78 is 5.94. The van der Waals surface area contributed by atoms with Gasteiger partial charge in [-0.2, -0.15) is 0 Å². The van der Waals surface area contributed by atoms with Gasteiger partial charge in [-0.05, 0) is 49.8 Å². The number of aryl methyl sites for hydroxylation is 1. The van der Waals surface area contributed by atoms with Gasteiger partial charge in [0.25, 0.3) is 0 Å². The van der Waals surface area contributed by atoms with Crippen LogP contribution in [0.3, 0.4) is 0 Å². The molecule has 29 heavy (non-hydrogen) atoms. The Kier molecular flexibility index (Phi) is 5.85. The second-order valence-electron chi connectivity index (χ2n) is 7.85. The van der Waals surface area contributed by atoms with Crippen LogP contribution in [0.15, 0.2) is 28.7 Å². The molecule has 1 atom stereocenters. The van der Waals surface area contributed by atoms with Crippen molar-refractivity contribution in [2.24, 2.45) is 0 Å². The van der Waals surface area contributed by atoms with Crippen molar-refractivity contribution in [2.45, 2.75) is 62.8 Å². The molecule has 0 radical (unpaired) electrons. The number of benzene rings is 1. The molecule has 0 spiro atoms. The van der Waals surface area contributed by atoms with E-state index in [0.717, 1.165) is 37.7 Å². The molecule has 8 heteroatoms. The van der Waals surface area contributed by atoms with Gasteiger partial charge in [-0.25, -0.2) is 0 Å². The Hall–Kier alpha value is -2.41. The quantitative estimate of drug-likeness (QED) is 0.754. The molecule has 7 nitrogen and oxygen atoms in total. The van der Waals surface area contributed by atoms with E-state index in [1.165, 1.54) is 0 Å². The van der Waals surface area contributed by atoms with Crippen LogP contribution in [0.4, 0.5) is 0 Å². The number of amides is 2. The molecule has 1 aliphatic carbocycles. The van der Waals surface area contributed by atoms with Crippen LogP contribution in [-0.4, -0.2) is 34.6 Å². The zero-order valence-corrected chi connectivity index (χ0v) is 17.0. The Bertz CT molecular complexity index is 876. The van der Waals surface area contributed by atoms with E-state index in [-0.39, 0.29) is 23.7 Å².